The maximum absolute atomic E-state index is 12.9. The average Bonchev–Trinajstić information content (AvgIpc) is 3.09. The van der Waals surface area contributed by atoms with Gasteiger partial charge in [0.25, 0.3) is 5.91 Å². The van der Waals surface area contributed by atoms with Crippen molar-refractivity contribution in [2.24, 2.45) is 0 Å². The first-order valence-electron chi connectivity index (χ1n) is 6.08. The topological polar surface area (TPSA) is 68.0 Å². The Kier molecular flexibility index (Phi) is 3.49. The van der Waals surface area contributed by atoms with Crippen molar-refractivity contribution in [2.45, 2.75) is 6.92 Å². The zero-order valence-electron chi connectivity index (χ0n) is 11.0. The first kappa shape index (κ1) is 13.4. The van der Waals surface area contributed by atoms with Gasteiger partial charge < -0.3 is 4.52 Å². The van der Waals surface area contributed by atoms with Crippen molar-refractivity contribution in [1.82, 2.24) is 10.1 Å². The number of halogens is 1. The molecule has 0 aliphatic heterocycles. The van der Waals surface area contributed by atoms with Crippen LogP contribution in [0.2, 0.25) is 0 Å². The predicted molar refractivity (Wildman–Crippen MR) is 76.7 cm³/mol. The third-order valence-corrected chi connectivity index (χ3v) is 3.47. The summed E-state index contributed by atoms with van der Waals surface area (Å²) in [6.45, 7) is 1.73. The van der Waals surface area contributed by atoms with Crippen LogP contribution in [0.4, 0.5) is 9.52 Å². The monoisotopic (exact) mass is 303 g/mol. The van der Waals surface area contributed by atoms with E-state index in [-0.39, 0.29) is 11.6 Å². The number of carbonyl (C=O) groups excluding carboxylic acids is 1. The van der Waals surface area contributed by atoms with Gasteiger partial charge in [-0.1, -0.05) is 5.16 Å². The lowest BCUT2D eigenvalue weighted by molar-refractivity contribution is 0.0988. The van der Waals surface area contributed by atoms with Gasteiger partial charge in [-0.3, -0.25) is 10.1 Å². The highest BCUT2D eigenvalue weighted by Gasteiger charge is 2.14. The fourth-order valence-electron chi connectivity index (χ4n) is 1.71. The van der Waals surface area contributed by atoms with Gasteiger partial charge in [0.1, 0.15) is 5.82 Å². The summed E-state index contributed by atoms with van der Waals surface area (Å²) in [7, 11) is 0. The molecule has 0 saturated heterocycles. The number of rotatable bonds is 3. The van der Waals surface area contributed by atoms with Gasteiger partial charge in [-0.05, 0) is 31.2 Å². The Morgan fingerprint density at radius 1 is 1.33 bits per heavy atom. The largest absolute Gasteiger partial charge is 0.351 e. The maximum atomic E-state index is 12.9. The third-order valence-electron chi connectivity index (χ3n) is 2.72. The van der Waals surface area contributed by atoms with E-state index in [9.17, 15) is 9.18 Å². The number of anilines is 1. The highest BCUT2D eigenvalue weighted by Crippen LogP contribution is 2.25. The van der Waals surface area contributed by atoms with Gasteiger partial charge in [-0.2, -0.15) is 0 Å². The van der Waals surface area contributed by atoms with E-state index in [1.54, 1.807) is 30.5 Å². The van der Waals surface area contributed by atoms with E-state index in [0.29, 0.717) is 16.5 Å². The number of benzene rings is 1. The number of aryl methyl sites for hydroxylation is 1. The van der Waals surface area contributed by atoms with Crippen molar-refractivity contribution in [1.29, 1.82) is 0 Å². The van der Waals surface area contributed by atoms with Crippen LogP contribution in [0, 0.1) is 12.7 Å². The zero-order chi connectivity index (χ0) is 14.8. The normalized spacial score (nSPS) is 10.6. The smallest absolute Gasteiger partial charge is 0.296 e. The zero-order valence-corrected chi connectivity index (χ0v) is 11.8. The van der Waals surface area contributed by atoms with Gasteiger partial charge in [0.2, 0.25) is 5.76 Å². The molecule has 0 aliphatic carbocycles. The highest BCUT2D eigenvalue weighted by atomic mass is 32.1. The molecule has 3 rings (SSSR count). The summed E-state index contributed by atoms with van der Waals surface area (Å²) in [5, 5.41) is 8.51. The van der Waals surface area contributed by atoms with Crippen LogP contribution < -0.4 is 5.32 Å². The molecule has 2 heterocycles. The molecule has 7 heteroatoms. The van der Waals surface area contributed by atoms with Crippen molar-refractivity contribution in [2.75, 3.05) is 5.32 Å². The predicted octanol–water partition coefficient (Wildman–Crippen LogP) is 3.50. The van der Waals surface area contributed by atoms with Crippen LogP contribution in [0.3, 0.4) is 0 Å². The van der Waals surface area contributed by atoms with E-state index < -0.39 is 5.91 Å². The summed E-state index contributed by atoms with van der Waals surface area (Å²) in [4.78, 5) is 16.2. The van der Waals surface area contributed by atoms with E-state index in [2.05, 4.69) is 15.5 Å². The number of nitrogens with one attached hydrogen (secondary N) is 1. The minimum Gasteiger partial charge on any atom is -0.351 e. The first-order chi connectivity index (χ1) is 10.1. The van der Waals surface area contributed by atoms with Gasteiger partial charge in [-0.25, -0.2) is 9.37 Å². The molecule has 0 atom stereocenters. The standard InChI is InChI=1S/C14H10FN3O2S/c1-8-6-12(20-18-8)13(19)17-14-16-11(7-21-14)9-2-4-10(15)5-3-9/h2-7H,1H3,(H,16,17,19). The maximum Gasteiger partial charge on any atom is 0.296 e. The number of hydrogen-bond donors (Lipinski definition) is 1. The molecule has 2 aromatic heterocycles. The van der Waals surface area contributed by atoms with Crippen LogP contribution in [0.5, 0.6) is 0 Å². The van der Waals surface area contributed by atoms with Gasteiger partial charge >= 0.3 is 0 Å². The van der Waals surface area contributed by atoms with E-state index >= 15 is 0 Å². The summed E-state index contributed by atoms with van der Waals surface area (Å²) in [6.07, 6.45) is 0. The van der Waals surface area contributed by atoms with Crippen molar-refractivity contribution < 1.29 is 13.7 Å². The second-order valence-electron chi connectivity index (χ2n) is 4.33. The molecular weight excluding hydrogens is 293 g/mol. The van der Waals surface area contributed by atoms with Gasteiger partial charge in [0, 0.05) is 17.0 Å². The molecule has 0 spiro atoms. The van der Waals surface area contributed by atoms with E-state index in [0.717, 1.165) is 5.56 Å². The van der Waals surface area contributed by atoms with E-state index in [4.69, 9.17) is 4.52 Å². The minimum atomic E-state index is -0.407. The molecule has 106 valence electrons. The SMILES string of the molecule is Cc1cc(C(=O)Nc2nc(-c3ccc(F)cc3)cs2)on1. The number of aromatic nitrogens is 2. The summed E-state index contributed by atoms with van der Waals surface area (Å²) in [6, 6.07) is 7.55. The molecule has 0 aliphatic rings. The Labute approximate surface area is 123 Å². The van der Waals surface area contributed by atoms with Crippen LogP contribution in [0.1, 0.15) is 16.2 Å². The summed E-state index contributed by atoms with van der Waals surface area (Å²) in [5.74, 6) is -0.579. The second kappa shape index (κ2) is 5.45. The van der Waals surface area contributed by atoms with Crippen LogP contribution in [0.25, 0.3) is 11.3 Å². The summed E-state index contributed by atoms with van der Waals surface area (Å²) in [5.41, 5.74) is 2.08. The van der Waals surface area contributed by atoms with Gasteiger partial charge in [-0.15, -0.1) is 11.3 Å². The van der Waals surface area contributed by atoms with Crippen LogP contribution in [0.15, 0.2) is 40.2 Å². The van der Waals surface area contributed by atoms with E-state index in [1.165, 1.54) is 23.5 Å². The van der Waals surface area contributed by atoms with Crippen LogP contribution >= 0.6 is 11.3 Å². The van der Waals surface area contributed by atoms with Crippen molar-refractivity contribution >= 4 is 22.4 Å². The summed E-state index contributed by atoms with van der Waals surface area (Å²) >= 11 is 1.28. The first-order valence-corrected chi connectivity index (χ1v) is 6.96. The third kappa shape index (κ3) is 2.97. The molecule has 0 radical (unpaired) electrons. The molecule has 3 aromatic rings. The number of carbonyl (C=O) groups is 1. The fourth-order valence-corrected chi connectivity index (χ4v) is 2.43. The molecule has 0 bridgehead atoms. The number of amides is 1. The Morgan fingerprint density at radius 2 is 2.10 bits per heavy atom. The van der Waals surface area contributed by atoms with Crippen molar-refractivity contribution in [3.63, 3.8) is 0 Å². The molecule has 0 fully saturated rings. The highest BCUT2D eigenvalue weighted by molar-refractivity contribution is 7.14. The van der Waals surface area contributed by atoms with Crippen molar-refractivity contribution in [3.05, 3.63) is 53.0 Å². The average molecular weight is 303 g/mol. The lowest BCUT2D eigenvalue weighted by atomic mass is 10.2. The number of nitrogens with zero attached hydrogens (tertiary/aromatic N) is 2. The Hall–Kier alpha value is -2.54. The van der Waals surface area contributed by atoms with Crippen LogP contribution in [-0.4, -0.2) is 16.0 Å². The fraction of sp³-hybridized carbons (Fsp3) is 0.0714. The Balaban J connectivity index is 1.76. The van der Waals surface area contributed by atoms with E-state index in [1.807, 2.05) is 0 Å². The second-order valence-corrected chi connectivity index (χ2v) is 5.19. The van der Waals surface area contributed by atoms with Gasteiger partial charge in [0.15, 0.2) is 5.13 Å². The molecule has 1 N–H and O–H groups in total. The van der Waals surface area contributed by atoms with Crippen molar-refractivity contribution in [3.8, 4) is 11.3 Å². The molecule has 1 aromatic carbocycles. The number of thiazole rings is 1. The number of hydrogen-bond acceptors (Lipinski definition) is 5. The minimum absolute atomic E-state index is 0.131. The molecule has 0 saturated carbocycles. The lowest BCUT2D eigenvalue weighted by Gasteiger charge is -1.97. The lowest BCUT2D eigenvalue weighted by Crippen LogP contribution is -2.10. The Bertz CT molecular complexity index is 780. The summed E-state index contributed by atoms with van der Waals surface area (Å²) < 4.78 is 17.8. The Morgan fingerprint density at radius 3 is 2.76 bits per heavy atom. The molecule has 5 nitrogen and oxygen atoms in total. The molecular formula is C14H10FN3O2S. The quantitative estimate of drug-likeness (QED) is 0.804. The molecule has 1 amide bonds. The van der Waals surface area contributed by atoms with Gasteiger partial charge in [0.05, 0.1) is 11.4 Å². The van der Waals surface area contributed by atoms with Crippen LogP contribution in [-0.2, 0) is 0 Å². The molecule has 0 unspecified atom stereocenters. The molecule has 21 heavy (non-hydrogen) atoms.